The molecule has 0 aliphatic rings. The summed E-state index contributed by atoms with van der Waals surface area (Å²) >= 11 is 0. The highest BCUT2D eigenvalue weighted by Gasteiger charge is 2.20. The molecule has 1 nitrogen and oxygen atoms in total. The summed E-state index contributed by atoms with van der Waals surface area (Å²) in [5, 5.41) is 0. The molecule has 0 atom stereocenters. The minimum absolute atomic E-state index is 0.284. The van der Waals surface area contributed by atoms with Crippen molar-refractivity contribution in [3.8, 4) is 0 Å². The van der Waals surface area contributed by atoms with Crippen molar-refractivity contribution in [2.24, 2.45) is 16.3 Å². The topological polar surface area (TPSA) is 12.4 Å². The Hall–Kier alpha value is -1.63. The van der Waals surface area contributed by atoms with Gasteiger partial charge < -0.3 is 0 Å². The summed E-state index contributed by atoms with van der Waals surface area (Å²) in [5.41, 5.74) is 2.65. The molecule has 0 aromatic carbocycles. The standard InChI is InChI=1S/C23H37N/c1-8-12-17-23(10-3,11-4)18-15-13-14-16-21(7)22(20(5)6)24-19-9-2/h8-9,12-16,18-20H,10-11,17H2,1-7H3/b12-8-,14-13-,18-15?,19-9-,21-16+,24-22+. The molecular formula is C23H37N. The third-order valence-corrected chi connectivity index (χ3v) is 4.50. The van der Waals surface area contributed by atoms with Gasteiger partial charge in [-0.25, -0.2) is 0 Å². The van der Waals surface area contributed by atoms with Gasteiger partial charge in [-0.15, -0.1) is 0 Å². The molecular weight excluding hydrogens is 290 g/mol. The largest absolute Gasteiger partial charge is 0.261 e. The average Bonchev–Trinajstić information content (AvgIpc) is 2.57. The number of hydrogen-bond donors (Lipinski definition) is 0. The Kier molecular flexibility index (Phi) is 11.9. The lowest BCUT2D eigenvalue weighted by molar-refractivity contribution is 0.357. The van der Waals surface area contributed by atoms with Crippen LogP contribution in [0.3, 0.4) is 0 Å². The lowest BCUT2D eigenvalue weighted by Gasteiger charge is -2.26. The zero-order valence-corrected chi connectivity index (χ0v) is 16.8. The monoisotopic (exact) mass is 327 g/mol. The van der Waals surface area contributed by atoms with Crippen LogP contribution in [0.2, 0.25) is 0 Å². The molecule has 24 heavy (non-hydrogen) atoms. The second-order valence-corrected chi connectivity index (χ2v) is 6.59. The third-order valence-electron chi connectivity index (χ3n) is 4.50. The van der Waals surface area contributed by atoms with Gasteiger partial charge in [0.1, 0.15) is 0 Å². The van der Waals surface area contributed by atoms with Gasteiger partial charge in [-0.3, -0.25) is 4.99 Å². The van der Waals surface area contributed by atoms with Crippen molar-refractivity contribution in [3.63, 3.8) is 0 Å². The Morgan fingerprint density at radius 3 is 2.17 bits per heavy atom. The minimum atomic E-state index is 0.284. The quantitative estimate of drug-likeness (QED) is 0.224. The molecule has 0 bridgehead atoms. The van der Waals surface area contributed by atoms with Gasteiger partial charge in [0.15, 0.2) is 0 Å². The first-order valence-corrected chi connectivity index (χ1v) is 9.29. The van der Waals surface area contributed by atoms with E-state index in [-0.39, 0.29) is 5.41 Å². The molecule has 0 unspecified atom stereocenters. The predicted molar refractivity (Wildman–Crippen MR) is 112 cm³/mol. The van der Waals surface area contributed by atoms with Gasteiger partial charge in [-0.05, 0) is 56.9 Å². The molecule has 0 N–H and O–H groups in total. The number of aliphatic imine (C=N–C) groups is 1. The highest BCUT2D eigenvalue weighted by molar-refractivity contribution is 6.01. The zero-order valence-electron chi connectivity index (χ0n) is 16.8. The van der Waals surface area contributed by atoms with Gasteiger partial charge in [0.2, 0.25) is 0 Å². The molecule has 0 saturated heterocycles. The normalized spacial score (nSPS) is 15.2. The Labute approximate surface area is 150 Å². The number of nitrogens with zero attached hydrogens (tertiary/aromatic N) is 1. The van der Waals surface area contributed by atoms with Crippen molar-refractivity contribution in [3.05, 3.63) is 60.4 Å². The van der Waals surface area contributed by atoms with E-state index in [9.17, 15) is 0 Å². The van der Waals surface area contributed by atoms with Gasteiger partial charge >= 0.3 is 0 Å². The Bertz CT molecular complexity index is 506. The van der Waals surface area contributed by atoms with Crippen molar-refractivity contribution in [2.45, 2.75) is 67.7 Å². The molecule has 134 valence electrons. The van der Waals surface area contributed by atoms with Gasteiger partial charge in [0.25, 0.3) is 0 Å². The maximum atomic E-state index is 4.55. The lowest BCUT2D eigenvalue weighted by Crippen LogP contribution is -2.14. The molecule has 0 saturated carbocycles. The van der Waals surface area contributed by atoms with Crippen molar-refractivity contribution in [1.29, 1.82) is 0 Å². The maximum absolute atomic E-state index is 4.55. The van der Waals surface area contributed by atoms with E-state index in [1.807, 2.05) is 19.2 Å². The summed E-state index contributed by atoms with van der Waals surface area (Å²) in [6.07, 6.45) is 22.7. The lowest BCUT2D eigenvalue weighted by atomic mass is 9.79. The van der Waals surface area contributed by atoms with Crippen LogP contribution in [0.1, 0.15) is 67.7 Å². The fourth-order valence-corrected chi connectivity index (χ4v) is 2.67. The smallest absolute Gasteiger partial charge is 0.0457 e. The summed E-state index contributed by atoms with van der Waals surface area (Å²) in [6.45, 7) is 15.1. The van der Waals surface area contributed by atoms with E-state index in [0.717, 1.165) is 12.1 Å². The molecule has 0 aliphatic carbocycles. The summed E-state index contributed by atoms with van der Waals surface area (Å²) in [5.74, 6) is 0.426. The highest BCUT2D eigenvalue weighted by atomic mass is 14.7. The Morgan fingerprint density at radius 1 is 1.00 bits per heavy atom. The van der Waals surface area contributed by atoms with E-state index in [2.05, 4.69) is 89.1 Å². The first kappa shape index (κ1) is 22.4. The Morgan fingerprint density at radius 2 is 1.67 bits per heavy atom. The van der Waals surface area contributed by atoms with E-state index in [1.165, 1.54) is 18.4 Å². The third kappa shape index (κ3) is 8.29. The van der Waals surface area contributed by atoms with Gasteiger partial charge in [0, 0.05) is 11.9 Å². The number of allylic oxidation sites excluding steroid dienone is 9. The molecule has 0 fully saturated rings. The molecule has 0 aliphatic heterocycles. The first-order valence-electron chi connectivity index (χ1n) is 9.29. The molecule has 0 spiro atoms. The van der Waals surface area contributed by atoms with Crippen LogP contribution in [0.15, 0.2) is 65.4 Å². The molecule has 0 radical (unpaired) electrons. The van der Waals surface area contributed by atoms with Gasteiger partial charge in [-0.1, -0.05) is 76.3 Å². The van der Waals surface area contributed by atoms with E-state index in [4.69, 9.17) is 0 Å². The summed E-state index contributed by atoms with van der Waals surface area (Å²) in [6, 6.07) is 0. The fraction of sp³-hybridized carbons (Fsp3) is 0.522. The average molecular weight is 328 g/mol. The van der Waals surface area contributed by atoms with E-state index in [1.54, 1.807) is 0 Å². The van der Waals surface area contributed by atoms with Gasteiger partial charge in [0.05, 0.1) is 0 Å². The molecule has 0 aromatic rings. The van der Waals surface area contributed by atoms with Crippen LogP contribution in [-0.2, 0) is 0 Å². The summed E-state index contributed by atoms with van der Waals surface area (Å²) in [7, 11) is 0. The van der Waals surface area contributed by atoms with Gasteiger partial charge in [-0.2, -0.15) is 0 Å². The molecule has 0 aromatic heterocycles. The van der Waals surface area contributed by atoms with Crippen LogP contribution in [0, 0.1) is 11.3 Å². The van der Waals surface area contributed by atoms with Crippen molar-refractivity contribution in [1.82, 2.24) is 0 Å². The predicted octanol–water partition coefficient (Wildman–Crippen LogP) is 7.45. The molecule has 1 heteroatoms. The summed E-state index contributed by atoms with van der Waals surface area (Å²) in [4.78, 5) is 4.55. The zero-order chi connectivity index (χ0) is 18.4. The van der Waals surface area contributed by atoms with E-state index >= 15 is 0 Å². The summed E-state index contributed by atoms with van der Waals surface area (Å²) < 4.78 is 0. The van der Waals surface area contributed by atoms with E-state index < -0.39 is 0 Å². The van der Waals surface area contributed by atoms with Crippen LogP contribution in [0.25, 0.3) is 0 Å². The van der Waals surface area contributed by atoms with Crippen molar-refractivity contribution < 1.29 is 0 Å². The van der Waals surface area contributed by atoms with Crippen LogP contribution < -0.4 is 0 Å². The van der Waals surface area contributed by atoms with Crippen LogP contribution in [-0.4, -0.2) is 5.71 Å². The van der Waals surface area contributed by atoms with E-state index in [0.29, 0.717) is 5.92 Å². The fourth-order valence-electron chi connectivity index (χ4n) is 2.67. The maximum Gasteiger partial charge on any atom is 0.0457 e. The van der Waals surface area contributed by atoms with Crippen LogP contribution in [0.4, 0.5) is 0 Å². The minimum Gasteiger partial charge on any atom is -0.261 e. The van der Waals surface area contributed by atoms with Crippen LogP contribution >= 0.6 is 0 Å². The molecule has 0 rings (SSSR count). The van der Waals surface area contributed by atoms with Crippen molar-refractivity contribution in [2.75, 3.05) is 0 Å². The first-order chi connectivity index (χ1) is 11.5. The highest BCUT2D eigenvalue weighted by Crippen LogP contribution is 2.32. The number of hydrogen-bond acceptors (Lipinski definition) is 1. The molecule has 0 heterocycles. The molecule has 0 amide bonds. The number of rotatable bonds is 10. The van der Waals surface area contributed by atoms with Crippen molar-refractivity contribution >= 4 is 5.71 Å². The second kappa shape index (κ2) is 12.8. The second-order valence-electron chi connectivity index (χ2n) is 6.59. The SMILES string of the molecule is C/C=C\CC(C=C\C=C/C=C(C)/C(=N/C=C\C)C(C)C)(CC)CC. The van der Waals surface area contributed by atoms with Crippen LogP contribution in [0.5, 0.6) is 0 Å². The Balaban J connectivity index is 5.06.